The van der Waals surface area contributed by atoms with Gasteiger partial charge in [-0.3, -0.25) is 4.18 Å². The van der Waals surface area contributed by atoms with Gasteiger partial charge in [0.2, 0.25) is 0 Å². The fraction of sp³-hybridized carbons (Fsp3) is 0.771. The standard InChI is InChI=1S/C35H52O4S/c1-23-8-11-27(12-9-23)40(36,37)39-20-17-24(2)7-10-25(3)29-13-14-30-28-21-32(38-6)35-22-26(35)15-19-34(35,5)31(28)16-18-33(29,30)4/h7-12,24-26,28-32H,13-22H2,1-6H3/b10-7+/t24-,25-,26-,28+,29-,30+,31+,32-,33-,34-,35+/m1/s1. The van der Waals surface area contributed by atoms with Crippen molar-refractivity contribution in [1.82, 2.24) is 0 Å². The number of ether oxygens (including phenoxy) is 1. The molecule has 0 aliphatic heterocycles. The maximum atomic E-state index is 12.5. The topological polar surface area (TPSA) is 52.6 Å². The minimum atomic E-state index is -3.70. The Kier molecular flexibility index (Phi) is 7.40. The van der Waals surface area contributed by atoms with E-state index >= 15 is 0 Å². The summed E-state index contributed by atoms with van der Waals surface area (Å²) in [5, 5.41) is 0. The first-order valence-corrected chi connectivity index (χ1v) is 17.5. The molecule has 5 fully saturated rings. The molecule has 0 unspecified atom stereocenters. The summed E-state index contributed by atoms with van der Waals surface area (Å²) in [6.45, 7) is 12.1. The number of methoxy groups -OCH3 is 1. The largest absolute Gasteiger partial charge is 0.381 e. The molecule has 1 aromatic carbocycles. The number of rotatable bonds is 9. The molecular formula is C35H52O4S. The Hall–Kier alpha value is -1.17. The fourth-order valence-corrected chi connectivity index (χ4v) is 12.1. The van der Waals surface area contributed by atoms with E-state index in [1.165, 1.54) is 51.4 Å². The van der Waals surface area contributed by atoms with Gasteiger partial charge in [-0.2, -0.15) is 8.42 Å². The highest BCUT2D eigenvalue weighted by Crippen LogP contribution is 2.82. The average molecular weight is 569 g/mol. The molecule has 40 heavy (non-hydrogen) atoms. The maximum absolute atomic E-state index is 12.5. The van der Waals surface area contributed by atoms with Crippen LogP contribution in [0.25, 0.3) is 0 Å². The van der Waals surface area contributed by atoms with Crippen molar-refractivity contribution in [2.75, 3.05) is 13.7 Å². The number of benzene rings is 1. The third-order valence-electron chi connectivity index (χ3n) is 13.4. The van der Waals surface area contributed by atoms with Crippen LogP contribution in [0.3, 0.4) is 0 Å². The van der Waals surface area contributed by atoms with Gasteiger partial charge in [0.1, 0.15) is 0 Å². The Bertz CT molecular complexity index is 1220. The molecule has 11 atom stereocenters. The van der Waals surface area contributed by atoms with Crippen LogP contribution in [0.2, 0.25) is 0 Å². The molecule has 0 amide bonds. The molecular weight excluding hydrogens is 516 g/mol. The molecule has 222 valence electrons. The van der Waals surface area contributed by atoms with E-state index in [9.17, 15) is 8.42 Å². The van der Waals surface area contributed by atoms with Gasteiger partial charge in [-0.05, 0) is 129 Å². The number of aryl methyl sites for hydroxylation is 1. The minimum Gasteiger partial charge on any atom is -0.381 e. The molecule has 1 aromatic rings. The van der Waals surface area contributed by atoms with Crippen LogP contribution in [0.4, 0.5) is 0 Å². The molecule has 5 saturated carbocycles. The summed E-state index contributed by atoms with van der Waals surface area (Å²) < 4.78 is 36.7. The molecule has 5 aliphatic carbocycles. The molecule has 0 radical (unpaired) electrons. The van der Waals surface area contributed by atoms with Gasteiger partial charge in [0.15, 0.2) is 0 Å². The summed E-state index contributed by atoms with van der Waals surface area (Å²) in [7, 11) is -1.71. The van der Waals surface area contributed by atoms with E-state index in [0.717, 1.165) is 35.2 Å². The lowest BCUT2D eigenvalue weighted by atomic mass is 9.45. The Labute approximate surface area is 243 Å². The van der Waals surface area contributed by atoms with Crippen LogP contribution in [-0.4, -0.2) is 28.2 Å². The first-order chi connectivity index (χ1) is 19.0. The average Bonchev–Trinajstić information content (AvgIpc) is 3.43. The second-order valence-electron chi connectivity index (χ2n) is 15.1. The summed E-state index contributed by atoms with van der Waals surface area (Å²) in [5.41, 5.74) is 2.45. The zero-order valence-corrected chi connectivity index (χ0v) is 26.5. The van der Waals surface area contributed by atoms with Crippen molar-refractivity contribution in [3.63, 3.8) is 0 Å². The van der Waals surface area contributed by atoms with E-state index in [1.807, 2.05) is 26.2 Å². The highest BCUT2D eigenvalue weighted by Gasteiger charge is 2.77. The van der Waals surface area contributed by atoms with E-state index in [4.69, 9.17) is 8.92 Å². The van der Waals surface area contributed by atoms with Crippen LogP contribution in [0.5, 0.6) is 0 Å². The molecule has 0 saturated heterocycles. The summed E-state index contributed by atoms with van der Waals surface area (Å²) in [6.07, 6.45) is 17.0. The zero-order chi connectivity index (χ0) is 28.5. The van der Waals surface area contributed by atoms with Gasteiger partial charge >= 0.3 is 0 Å². The second kappa shape index (κ2) is 10.2. The van der Waals surface area contributed by atoms with Crippen molar-refractivity contribution >= 4 is 10.1 Å². The third kappa shape index (κ3) is 4.39. The van der Waals surface area contributed by atoms with Crippen molar-refractivity contribution in [1.29, 1.82) is 0 Å². The van der Waals surface area contributed by atoms with Gasteiger partial charge in [0.05, 0.1) is 17.6 Å². The Morgan fingerprint density at radius 2 is 1.75 bits per heavy atom. The second-order valence-corrected chi connectivity index (χ2v) is 16.7. The molecule has 0 aromatic heterocycles. The van der Waals surface area contributed by atoms with Gasteiger partial charge in [0.25, 0.3) is 10.1 Å². The molecule has 0 heterocycles. The van der Waals surface area contributed by atoms with E-state index in [2.05, 4.69) is 39.8 Å². The first-order valence-electron chi connectivity index (χ1n) is 16.1. The van der Waals surface area contributed by atoms with Crippen molar-refractivity contribution in [3.8, 4) is 0 Å². The highest BCUT2D eigenvalue weighted by atomic mass is 32.2. The van der Waals surface area contributed by atoms with E-state index in [1.54, 1.807) is 12.1 Å². The predicted molar refractivity (Wildman–Crippen MR) is 160 cm³/mol. The smallest absolute Gasteiger partial charge is 0.296 e. The summed E-state index contributed by atoms with van der Waals surface area (Å²) in [4.78, 5) is 0.234. The van der Waals surface area contributed by atoms with Crippen LogP contribution in [-0.2, 0) is 19.0 Å². The molecule has 6 rings (SSSR count). The molecule has 0 N–H and O–H groups in total. The Balaban J connectivity index is 1.07. The van der Waals surface area contributed by atoms with Crippen LogP contribution >= 0.6 is 0 Å². The lowest BCUT2D eigenvalue weighted by molar-refractivity contribution is -0.160. The van der Waals surface area contributed by atoms with E-state index in [0.29, 0.717) is 34.7 Å². The van der Waals surface area contributed by atoms with Crippen molar-refractivity contribution in [2.24, 2.45) is 57.7 Å². The number of allylic oxidation sites excluding steroid dienone is 2. The van der Waals surface area contributed by atoms with Crippen molar-refractivity contribution in [3.05, 3.63) is 42.0 Å². The van der Waals surface area contributed by atoms with Gasteiger partial charge in [0, 0.05) is 12.5 Å². The predicted octanol–water partition coefficient (Wildman–Crippen LogP) is 8.20. The zero-order valence-electron chi connectivity index (χ0n) is 25.7. The quantitative estimate of drug-likeness (QED) is 0.223. The molecule has 0 bridgehead atoms. The van der Waals surface area contributed by atoms with Crippen molar-refractivity contribution < 1.29 is 17.3 Å². The Morgan fingerprint density at radius 1 is 1.00 bits per heavy atom. The minimum absolute atomic E-state index is 0.212. The third-order valence-corrected chi connectivity index (χ3v) is 14.7. The van der Waals surface area contributed by atoms with Crippen LogP contribution in [0.1, 0.15) is 91.0 Å². The van der Waals surface area contributed by atoms with Gasteiger partial charge in [-0.25, -0.2) is 0 Å². The number of fused-ring (bicyclic) bond motifs is 4. The molecule has 5 heteroatoms. The Morgan fingerprint density at radius 3 is 2.45 bits per heavy atom. The van der Waals surface area contributed by atoms with E-state index < -0.39 is 10.1 Å². The number of hydrogen-bond acceptors (Lipinski definition) is 4. The normalized spacial score (nSPS) is 43.5. The van der Waals surface area contributed by atoms with Crippen LogP contribution in [0.15, 0.2) is 41.3 Å². The van der Waals surface area contributed by atoms with Crippen LogP contribution < -0.4 is 0 Å². The van der Waals surface area contributed by atoms with Gasteiger partial charge in [-0.15, -0.1) is 0 Å². The van der Waals surface area contributed by atoms with E-state index in [-0.39, 0.29) is 17.4 Å². The number of hydrogen-bond donors (Lipinski definition) is 0. The fourth-order valence-electron chi connectivity index (χ4n) is 11.2. The summed E-state index contributed by atoms with van der Waals surface area (Å²) in [5.74, 6) is 5.03. The summed E-state index contributed by atoms with van der Waals surface area (Å²) >= 11 is 0. The molecule has 1 spiro atoms. The lowest BCUT2D eigenvalue weighted by Crippen LogP contribution is -2.57. The monoisotopic (exact) mass is 568 g/mol. The van der Waals surface area contributed by atoms with Gasteiger partial charge in [-0.1, -0.05) is 57.5 Å². The SMILES string of the molecule is CO[C@@H]1C[C@H]2[C@@H]3CC[C@H]([C@H](C)/C=C/[C@@H](C)CCOS(=O)(=O)c4ccc(C)cc4)[C@@]3(C)CC[C@@H]2[C@@]2(C)CC[C@@H]3C[C@]312. The molecule has 4 nitrogen and oxygen atoms in total. The first kappa shape index (κ1) is 28.9. The van der Waals surface area contributed by atoms with Gasteiger partial charge < -0.3 is 4.74 Å². The van der Waals surface area contributed by atoms with Crippen molar-refractivity contribution in [2.45, 2.75) is 103 Å². The summed E-state index contributed by atoms with van der Waals surface area (Å²) in [6, 6.07) is 6.86. The highest BCUT2D eigenvalue weighted by molar-refractivity contribution is 7.86. The van der Waals surface area contributed by atoms with Crippen LogP contribution in [0, 0.1) is 64.6 Å². The lowest BCUT2D eigenvalue weighted by Gasteiger charge is -2.61. The maximum Gasteiger partial charge on any atom is 0.296 e. The molecule has 5 aliphatic rings.